The van der Waals surface area contributed by atoms with Crippen molar-refractivity contribution in [2.45, 2.75) is 31.6 Å². The van der Waals surface area contributed by atoms with Crippen LogP contribution < -0.4 is 0 Å². The molecule has 0 bridgehead atoms. The van der Waals surface area contributed by atoms with E-state index in [4.69, 9.17) is 4.74 Å². The highest BCUT2D eigenvalue weighted by Crippen LogP contribution is 2.22. The Morgan fingerprint density at radius 3 is 2.73 bits per heavy atom. The van der Waals surface area contributed by atoms with Crippen LogP contribution in [-0.2, 0) is 14.3 Å². The first-order chi connectivity index (χ1) is 10.6. The van der Waals surface area contributed by atoms with Gasteiger partial charge in [0.15, 0.2) is 0 Å². The fourth-order valence-corrected chi connectivity index (χ4v) is 3.33. The number of rotatable bonds is 5. The summed E-state index contributed by atoms with van der Waals surface area (Å²) in [6, 6.07) is 8.16. The van der Waals surface area contributed by atoms with Gasteiger partial charge in [-0.1, -0.05) is 17.7 Å². The van der Waals surface area contributed by atoms with Crippen molar-refractivity contribution in [3.8, 4) is 0 Å². The van der Waals surface area contributed by atoms with Crippen LogP contribution in [0.4, 0.5) is 0 Å². The number of hydrogen-bond acceptors (Lipinski definition) is 4. The molecule has 1 atom stereocenters. The van der Waals surface area contributed by atoms with E-state index < -0.39 is 0 Å². The molecule has 0 saturated carbocycles. The average molecular weight is 321 g/mol. The van der Waals surface area contributed by atoms with Crippen LogP contribution in [0.5, 0.6) is 0 Å². The number of hydrogen-bond donors (Lipinski definition) is 0. The van der Waals surface area contributed by atoms with Crippen molar-refractivity contribution in [2.24, 2.45) is 5.92 Å². The van der Waals surface area contributed by atoms with Crippen LogP contribution in [0.2, 0.25) is 0 Å². The molecule has 22 heavy (non-hydrogen) atoms. The summed E-state index contributed by atoms with van der Waals surface area (Å²) in [5, 5.41) is 0. The van der Waals surface area contributed by atoms with Crippen molar-refractivity contribution in [3.63, 3.8) is 0 Å². The van der Waals surface area contributed by atoms with Gasteiger partial charge in [0, 0.05) is 18.0 Å². The van der Waals surface area contributed by atoms with Gasteiger partial charge in [-0.2, -0.15) is 0 Å². The molecule has 0 aliphatic carbocycles. The molecule has 1 aromatic carbocycles. The van der Waals surface area contributed by atoms with Crippen LogP contribution in [0, 0.1) is 12.8 Å². The lowest BCUT2D eigenvalue weighted by Gasteiger charge is -2.31. The van der Waals surface area contributed by atoms with E-state index in [1.165, 1.54) is 5.56 Å². The highest BCUT2D eigenvalue weighted by molar-refractivity contribution is 8.00. The molecule has 1 aliphatic rings. The molecule has 1 aromatic rings. The number of amides is 1. The van der Waals surface area contributed by atoms with E-state index in [1.54, 1.807) is 16.7 Å². The van der Waals surface area contributed by atoms with Crippen LogP contribution in [0.1, 0.15) is 25.3 Å². The van der Waals surface area contributed by atoms with Crippen LogP contribution in [0.15, 0.2) is 29.2 Å². The molecular formula is C17H23NO3S. The van der Waals surface area contributed by atoms with Crippen LogP contribution in [0.25, 0.3) is 0 Å². The summed E-state index contributed by atoms with van der Waals surface area (Å²) in [6.45, 7) is 5.48. The zero-order chi connectivity index (χ0) is 15.9. The maximum absolute atomic E-state index is 12.3. The summed E-state index contributed by atoms with van der Waals surface area (Å²) in [5.74, 6) is 0.172. The predicted octanol–water partition coefficient (Wildman–Crippen LogP) is 2.89. The number of thioether (sulfide) groups is 1. The second-order valence-electron chi connectivity index (χ2n) is 5.53. The second-order valence-corrected chi connectivity index (χ2v) is 6.58. The molecule has 0 N–H and O–H groups in total. The predicted molar refractivity (Wildman–Crippen MR) is 87.8 cm³/mol. The van der Waals surface area contributed by atoms with Gasteiger partial charge in [-0.25, -0.2) is 0 Å². The summed E-state index contributed by atoms with van der Waals surface area (Å²) in [6.07, 6.45) is 1.68. The summed E-state index contributed by atoms with van der Waals surface area (Å²) in [7, 11) is 0. The molecule has 0 unspecified atom stereocenters. The smallest absolute Gasteiger partial charge is 0.310 e. The Morgan fingerprint density at radius 2 is 2.05 bits per heavy atom. The van der Waals surface area contributed by atoms with Crippen LogP contribution in [-0.4, -0.2) is 42.2 Å². The molecule has 0 spiro atoms. The zero-order valence-corrected chi connectivity index (χ0v) is 14.0. The quantitative estimate of drug-likeness (QED) is 0.618. The number of piperidine rings is 1. The van der Waals surface area contributed by atoms with Gasteiger partial charge in [-0.05, 0) is 38.8 Å². The van der Waals surface area contributed by atoms with Crippen LogP contribution in [0.3, 0.4) is 0 Å². The van der Waals surface area contributed by atoms with Crippen molar-refractivity contribution in [1.29, 1.82) is 0 Å². The number of likely N-dealkylation sites (tertiary alicyclic amines) is 1. The molecule has 1 heterocycles. The largest absolute Gasteiger partial charge is 0.466 e. The SMILES string of the molecule is CCOC(=O)[C@@H]1CCCN(C(=O)CSc2ccc(C)cc2)C1. The monoisotopic (exact) mass is 321 g/mol. The standard InChI is InChI=1S/C17H23NO3S/c1-3-21-17(20)14-5-4-10-18(11-14)16(19)12-22-15-8-6-13(2)7-9-15/h6-9,14H,3-5,10-12H2,1-2H3/t14-/m1/s1. The number of esters is 1. The van der Waals surface area contributed by atoms with Gasteiger partial charge in [-0.15, -0.1) is 11.8 Å². The number of aryl methyl sites for hydroxylation is 1. The Bertz CT molecular complexity index is 515. The molecule has 0 radical (unpaired) electrons. The molecule has 0 aromatic heterocycles. The fourth-order valence-electron chi connectivity index (χ4n) is 2.53. The maximum atomic E-state index is 12.3. The lowest BCUT2D eigenvalue weighted by Crippen LogP contribution is -2.43. The Labute approximate surface area is 136 Å². The minimum Gasteiger partial charge on any atom is -0.466 e. The van der Waals surface area contributed by atoms with Crippen molar-refractivity contribution < 1.29 is 14.3 Å². The molecule has 1 amide bonds. The molecule has 1 saturated heterocycles. The number of nitrogens with zero attached hydrogens (tertiary/aromatic N) is 1. The van der Waals surface area contributed by atoms with Crippen molar-refractivity contribution in [1.82, 2.24) is 4.90 Å². The molecule has 4 nitrogen and oxygen atoms in total. The molecular weight excluding hydrogens is 298 g/mol. The van der Waals surface area contributed by atoms with Gasteiger partial charge in [0.05, 0.1) is 18.3 Å². The maximum Gasteiger partial charge on any atom is 0.310 e. The van der Waals surface area contributed by atoms with Gasteiger partial charge < -0.3 is 9.64 Å². The topological polar surface area (TPSA) is 46.6 Å². The highest BCUT2D eigenvalue weighted by Gasteiger charge is 2.29. The zero-order valence-electron chi connectivity index (χ0n) is 13.2. The number of benzene rings is 1. The van der Waals surface area contributed by atoms with Crippen LogP contribution >= 0.6 is 11.8 Å². The van der Waals surface area contributed by atoms with E-state index >= 15 is 0 Å². The molecule has 1 fully saturated rings. The third-order valence-corrected chi connectivity index (χ3v) is 4.77. The average Bonchev–Trinajstić information content (AvgIpc) is 2.54. The number of carbonyl (C=O) groups is 2. The van der Waals surface area contributed by atoms with Crippen molar-refractivity contribution >= 4 is 23.6 Å². The van der Waals surface area contributed by atoms with Crippen molar-refractivity contribution in [3.05, 3.63) is 29.8 Å². The summed E-state index contributed by atoms with van der Waals surface area (Å²) in [4.78, 5) is 27.0. The van der Waals surface area contributed by atoms with Crippen molar-refractivity contribution in [2.75, 3.05) is 25.4 Å². The highest BCUT2D eigenvalue weighted by atomic mass is 32.2. The van der Waals surface area contributed by atoms with Gasteiger partial charge in [0.1, 0.15) is 0 Å². The number of ether oxygens (including phenoxy) is 1. The molecule has 5 heteroatoms. The minimum atomic E-state index is -0.175. The van der Waals surface area contributed by atoms with E-state index in [9.17, 15) is 9.59 Å². The van der Waals surface area contributed by atoms with E-state index in [0.717, 1.165) is 24.3 Å². The number of carbonyl (C=O) groups excluding carboxylic acids is 2. The third kappa shape index (κ3) is 4.77. The van der Waals surface area contributed by atoms with E-state index in [0.29, 0.717) is 18.9 Å². The first kappa shape index (κ1) is 16.9. The lowest BCUT2D eigenvalue weighted by atomic mass is 9.98. The fraction of sp³-hybridized carbons (Fsp3) is 0.529. The summed E-state index contributed by atoms with van der Waals surface area (Å²) in [5.41, 5.74) is 1.21. The summed E-state index contributed by atoms with van der Waals surface area (Å²) >= 11 is 1.54. The molecule has 120 valence electrons. The minimum absolute atomic E-state index is 0.0968. The normalized spacial score (nSPS) is 18.1. The van der Waals surface area contributed by atoms with E-state index in [1.807, 2.05) is 38.1 Å². The second kappa shape index (κ2) is 8.22. The Morgan fingerprint density at radius 1 is 1.32 bits per heavy atom. The Hall–Kier alpha value is -1.49. The molecule has 2 rings (SSSR count). The van der Waals surface area contributed by atoms with Gasteiger partial charge >= 0.3 is 5.97 Å². The van der Waals surface area contributed by atoms with Gasteiger partial charge in [0.2, 0.25) is 5.91 Å². The Balaban J connectivity index is 1.83. The van der Waals surface area contributed by atoms with E-state index in [-0.39, 0.29) is 17.8 Å². The lowest BCUT2D eigenvalue weighted by molar-refractivity contribution is -0.151. The molecule has 1 aliphatic heterocycles. The first-order valence-corrected chi connectivity index (χ1v) is 8.72. The first-order valence-electron chi connectivity index (χ1n) is 7.74. The third-order valence-electron chi connectivity index (χ3n) is 3.78. The van der Waals surface area contributed by atoms with E-state index in [2.05, 4.69) is 0 Å². The Kier molecular flexibility index (Phi) is 6.31. The van der Waals surface area contributed by atoms with Gasteiger partial charge in [-0.3, -0.25) is 9.59 Å². The summed E-state index contributed by atoms with van der Waals surface area (Å²) < 4.78 is 5.07. The van der Waals surface area contributed by atoms with Gasteiger partial charge in [0.25, 0.3) is 0 Å².